The SMILES string of the molecule is CCc1ccc(F)cc1CCNC(=O)NS(=O)(=O)c1ccc(CN)cc1. The van der Waals surface area contributed by atoms with Gasteiger partial charge in [-0.15, -0.1) is 0 Å². The Morgan fingerprint density at radius 3 is 2.42 bits per heavy atom. The quantitative estimate of drug-likeness (QED) is 0.685. The fraction of sp³-hybridized carbons (Fsp3) is 0.278. The second-order valence-corrected chi connectivity index (χ2v) is 7.41. The number of hydrogen-bond donors (Lipinski definition) is 3. The lowest BCUT2D eigenvalue weighted by molar-refractivity contribution is 0.246. The molecule has 0 heterocycles. The summed E-state index contributed by atoms with van der Waals surface area (Å²) in [5.41, 5.74) is 8.03. The Morgan fingerprint density at radius 1 is 1.12 bits per heavy atom. The molecule has 4 N–H and O–H groups in total. The molecule has 2 amide bonds. The van der Waals surface area contributed by atoms with Crippen LogP contribution < -0.4 is 15.8 Å². The normalized spacial score (nSPS) is 11.2. The minimum absolute atomic E-state index is 0.0248. The number of benzene rings is 2. The van der Waals surface area contributed by atoms with E-state index in [1.54, 1.807) is 18.2 Å². The lowest BCUT2D eigenvalue weighted by atomic mass is 10.0. The van der Waals surface area contributed by atoms with Gasteiger partial charge in [-0.2, -0.15) is 0 Å². The van der Waals surface area contributed by atoms with Crippen molar-refractivity contribution < 1.29 is 17.6 Å². The van der Waals surface area contributed by atoms with Gasteiger partial charge < -0.3 is 11.1 Å². The van der Waals surface area contributed by atoms with Crippen LogP contribution in [0.5, 0.6) is 0 Å². The molecule has 0 radical (unpaired) electrons. The minimum Gasteiger partial charge on any atom is -0.337 e. The van der Waals surface area contributed by atoms with Crippen molar-refractivity contribution in [3.63, 3.8) is 0 Å². The Hall–Kier alpha value is -2.45. The van der Waals surface area contributed by atoms with E-state index in [4.69, 9.17) is 5.73 Å². The molecule has 0 fully saturated rings. The molecule has 0 saturated carbocycles. The summed E-state index contributed by atoms with van der Waals surface area (Å²) in [5.74, 6) is -0.342. The first-order valence-corrected chi connectivity index (χ1v) is 9.71. The van der Waals surface area contributed by atoms with Crippen LogP contribution in [0.1, 0.15) is 23.6 Å². The highest BCUT2D eigenvalue weighted by Crippen LogP contribution is 2.13. The van der Waals surface area contributed by atoms with Crippen molar-refractivity contribution in [1.82, 2.24) is 10.0 Å². The van der Waals surface area contributed by atoms with Gasteiger partial charge in [-0.3, -0.25) is 0 Å². The summed E-state index contributed by atoms with van der Waals surface area (Å²) in [6, 6.07) is 9.64. The molecule has 0 spiro atoms. The predicted octanol–water partition coefficient (Wildman–Crippen LogP) is 2.08. The van der Waals surface area contributed by atoms with E-state index in [-0.39, 0.29) is 17.3 Å². The minimum atomic E-state index is -3.96. The molecule has 140 valence electrons. The molecule has 26 heavy (non-hydrogen) atoms. The third-order valence-corrected chi connectivity index (χ3v) is 5.27. The number of aryl methyl sites for hydroxylation is 1. The van der Waals surface area contributed by atoms with Gasteiger partial charge >= 0.3 is 6.03 Å². The number of amides is 2. The molecule has 2 rings (SSSR count). The van der Waals surface area contributed by atoms with Crippen molar-refractivity contribution in [3.8, 4) is 0 Å². The maximum Gasteiger partial charge on any atom is 0.328 e. The predicted molar refractivity (Wildman–Crippen MR) is 97.5 cm³/mol. The maximum atomic E-state index is 13.3. The molecule has 0 atom stereocenters. The zero-order valence-corrected chi connectivity index (χ0v) is 15.3. The van der Waals surface area contributed by atoms with Gasteiger partial charge in [0.2, 0.25) is 0 Å². The number of rotatable bonds is 7. The van der Waals surface area contributed by atoms with E-state index in [9.17, 15) is 17.6 Å². The first-order valence-electron chi connectivity index (χ1n) is 8.22. The molecule has 0 aliphatic carbocycles. The fourth-order valence-corrected chi connectivity index (χ4v) is 3.43. The van der Waals surface area contributed by atoms with Gasteiger partial charge in [0.25, 0.3) is 10.0 Å². The van der Waals surface area contributed by atoms with Gasteiger partial charge in [0.05, 0.1) is 4.90 Å². The zero-order valence-electron chi connectivity index (χ0n) is 14.5. The van der Waals surface area contributed by atoms with Crippen LogP contribution in [0.2, 0.25) is 0 Å². The van der Waals surface area contributed by atoms with E-state index in [1.807, 2.05) is 11.6 Å². The molecule has 2 aromatic rings. The number of nitrogens with two attached hydrogens (primary N) is 1. The van der Waals surface area contributed by atoms with Gasteiger partial charge in [0.1, 0.15) is 5.82 Å². The van der Waals surface area contributed by atoms with Crippen molar-refractivity contribution in [3.05, 3.63) is 65.0 Å². The third-order valence-electron chi connectivity index (χ3n) is 3.93. The molecule has 8 heteroatoms. The molecule has 0 aliphatic rings. The van der Waals surface area contributed by atoms with E-state index in [1.165, 1.54) is 24.3 Å². The van der Waals surface area contributed by atoms with Crippen LogP contribution in [0.4, 0.5) is 9.18 Å². The molecule has 2 aromatic carbocycles. The molecular formula is C18H22FN3O3S. The number of carbonyl (C=O) groups is 1. The first kappa shape index (κ1) is 19.9. The third kappa shape index (κ3) is 5.27. The summed E-state index contributed by atoms with van der Waals surface area (Å²) in [4.78, 5) is 11.8. The monoisotopic (exact) mass is 379 g/mol. The van der Waals surface area contributed by atoms with Crippen LogP contribution in [-0.4, -0.2) is 21.0 Å². The van der Waals surface area contributed by atoms with Crippen LogP contribution in [0.15, 0.2) is 47.4 Å². The van der Waals surface area contributed by atoms with Crippen LogP contribution >= 0.6 is 0 Å². The summed E-state index contributed by atoms with van der Waals surface area (Å²) in [5, 5.41) is 2.48. The number of sulfonamides is 1. The van der Waals surface area contributed by atoms with E-state index in [0.717, 1.165) is 23.1 Å². The Balaban J connectivity index is 1.93. The Kier molecular flexibility index (Phi) is 6.70. The van der Waals surface area contributed by atoms with Crippen LogP contribution in [-0.2, 0) is 29.4 Å². The molecule has 0 aromatic heterocycles. The number of carbonyl (C=O) groups excluding carboxylic acids is 1. The average Bonchev–Trinajstić information content (AvgIpc) is 2.61. The summed E-state index contributed by atoms with van der Waals surface area (Å²) >= 11 is 0. The van der Waals surface area contributed by atoms with E-state index in [0.29, 0.717) is 13.0 Å². The summed E-state index contributed by atoms with van der Waals surface area (Å²) in [7, 11) is -3.96. The van der Waals surface area contributed by atoms with Gasteiger partial charge in [0, 0.05) is 13.1 Å². The number of urea groups is 1. The second kappa shape index (κ2) is 8.77. The van der Waals surface area contributed by atoms with Crippen LogP contribution in [0.25, 0.3) is 0 Å². The van der Waals surface area contributed by atoms with Gasteiger partial charge in [0.15, 0.2) is 0 Å². The highest BCUT2D eigenvalue weighted by atomic mass is 32.2. The van der Waals surface area contributed by atoms with Crippen LogP contribution in [0, 0.1) is 5.82 Å². The van der Waals surface area contributed by atoms with Gasteiger partial charge in [-0.25, -0.2) is 22.3 Å². The lowest BCUT2D eigenvalue weighted by Crippen LogP contribution is -2.40. The van der Waals surface area contributed by atoms with Crippen molar-refractivity contribution in [2.24, 2.45) is 5.73 Å². The van der Waals surface area contributed by atoms with Crippen molar-refractivity contribution in [2.75, 3.05) is 6.54 Å². The van der Waals surface area contributed by atoms with E-state index in [2.05, 4.69) is 5.32 Å². The zero-order chi connectivity index (χ0) is 19.2. The molecule has 0 saturated heterocycles. The molecule has 0 unspecified atom stereocenters. The van der Waals surface area contributed by atoms with Crippen molar-refractivity contribution in [1.29, 1.82) is 0 Å². The number of nitrogens with one attached hydrogen (secondary N) is 2. The van der Waals surface area contributed by atoms with Crippen molar-refractivity contribution in [2.45, 2.75) is 31.2 Å². The smallest absolute Gasteiger partial charge is 0.328 e. The van der Waals surface area contributed by atoms with E-state index < -0.39 is 16.1 Å². The topological polar surface area (TPSA) is 101 Å². The first-order chi connectivity index (χ1) is 12.4. The number of halogens is 1. The fourth-order valence-electron chi connectivity index (χ4n) is 2.50. The average molecular weight is 379 g/mol. The van der Waals surface area contributed by atoms with Crippen molar-refractivity contribution >= 4 is 16.1 Å². The molecule has 6 nitrogen and oxygen atoms in total. The van der Waals surface area contributed by atoms with Crippen LogP contribution in [0.3, 0.4) is 0 Å². The second-order valence-electron chi connectivity index (χ2n) is 5.73. The lowest BCUT2D eigenvalue weighted by Gasteiger charge is -2.11. The molecule has 0 bridgehead atoms. The Bertz CT molecular complexity index is 868. The number of hydrogen-bond acceptors (Lipinski definition) is 4. The molecule has 0 aliphatic heterocycles. The maximum absolute atomic E-state index is 13.3. The van der Waals surface area contributed by atoms with Gasteiger partial charge in [-0.1, -0.05) is 25.1 Å². The van der Waals surface area contributed by atoms with E-state index >= 15 is 0 Å². The highest BCUT2D eigenvalue weighted by Gasteiger charge is 2.17. The summed E-state index contributed by atoms with van der Waals surface area (Å²) < 4.78 is 39.6. The largest absolute Gasteiger partial charge is 0.337 e. The highest BCUT2D eigenvalue weighted by molar-refractivity contribution is 7.90. The summed E-state index contributed by atoms with van der Waals surface area (Å²) in [6.45, 7) is 2.44. The standard InChI is InChI=1S/C18H22FN3O3S/c1-2-14-5-6-16(19)11-15(14)9-10-21-18(23)22-26(24,25)17-7-3-13(12-20)4-8-17/h3-8,11H,2,9-10,12,20H2,1H3,(H2,21,22,23). The van der Waals surface area contributed by atoms with Gasteiger partial charge in [-0.05, 0) is 53.8 Å². The Labute approximate surface area is 152 Å². The Morgan fingerprint density at radius 2 is 1.81 bits per heavy atom. The summed E-state index contributed by atoms with van der Waals surface area (Å²) in [6.07, 6.45) is 1.15. The molecular weight excluding hydrogens is 357 g/mol.